The van der Waals surface area contributed by atoms with Gasteiger partial charge >= 0.3 is 0 Å². The van der Waals surface area contributed by atoms with Crippen molar-refractivity contribution in [3.8, 4) is 11.6 Å². The van der Waals surface area contributed by atoms with Crippen LogP contribution in [0.2, 0.25) is 0 Å². The van der Waals surface area contributed by atoms with Crippen LogP contribution in [0, 0.1) is 13.8 Å². The number of aromatic nitrogens is 2. The van der Waals surface area contributed by atoms with E-state index >= 15 is 0 Å². The number of nitrogens with zero attached hydrogens (tertiary/aromatic N) is 2. The van der Waals surface area contributed by atoms with Gasteiger partial charge in [-0.1, -0.05) is 46.8 Å². The lowest BCUT2D eigenvalue weighted by Gasteiger charge is -2.20. The zero-order valence-electron chi connectivity index (χ0n) is 14.7. The molecule has 0 spiro atoms. The van der Waals surface area contributed by atoms with Crippen molar-refractivity contribution < 1.29 is 4.74 Å². The Morgan fingerprint density at radius 3 is 2.23 bits per heavy atom. The van der Waals surface area contributed by atoms with E-state index in [4.69, 9.17) is 4.74 Å². The second-order valence-corrected chi connectivity index (χ2v) is 7.19. The molecule has 2 rings (SSSR count). The Balaban J connectivity index is 2.32. The summed E-state index contributed by atoms with van der Waals surface area (Å²) >= 11 is 0. The average molecular weight is 298 g/mol. The summed E-state index contributed by atoms with van der Waals surface area (Å²) in [6.07, 6.45) is 0. The Hall–Kier alpha value is -1.90. The van der Waals surface area contributed by atoms with Crippen LogP contribution in [0.5, 0.6) is 11.6 Å². The molecule has 118 valence electrons. The second-order valence-electron chi connectivity index (χ2n) is 7.19. The molecule has 1 aromatic heterocycles. The predicted octanol–water partition coefficient (Wildman–Crippen LogP) is 5.31. The van der Waals surface area contributed by atoms with Crippen LogP contribution in [-0.2, 0) is 5.41 Å². The maximum Gasteiger partial charge on any atom is 0.222 e. The molecule has 22 heavy (non-hydrogen) atoms. The first-order chi connectivity index (χ1) is 10.2. The van der Waals surface area contributed by atoms with E-state index in [1.54, 1.807) is 0 Å². The predicted molar refractivity (Wildman–Crippen MR) is 90.8 cm³/mol. The van der Waals surface area contributed by atoms with Gasteiger partial charge in [0, 0.05) is 17.7 Å². The molecule has 0 saturated carbocycles. The van der Waals surface area contributed by atoms with Gasteiger partial charge in [0.25, 0.3) is 0 Å². The van der Waals surface area contributed by atoms with Gasteiger partial charge in [0.15, 0.2) is 0 Å². The number of rotatable bonds is 3. The Labute approximate surface area is 133 Å². The maximum absolute atomic E-state index is 6.00. The van der Waals surface area contributed by atoms with E-state index in [1.807, 2.05) is 19.1 Å². The first-order valence-corrected chi connectivity index (χ1v) is 7.81. The minimum Gasteiger partial charge on any atom is -0.439 e. The highest BCUT2D eigenvalue weighted by atomic mass is 16.5. The molecule has 1 aromatic carbocycles. The molecule has 1 heterocycles. The van der Waals surface area contributed by atoms with Gasteiger partial charge < -0.3 is 4.74 Å². The van der Waals surface area contributed by atoms with Crippen molar-refractivity contribution in [3.05, 3.63) is 46.9 Å². The van der Waals surface area contributed by atoms with Gasteiger partial charge in [-0.2, -0.15) is 4.98 Å². The van der Waals surface area contributed by atoms with E-state index in [-0.39, 0.29) is 11.3 Å². The van der Waals surface area contributed by atoms with Crippen LogP contribution in [0.3, 0.4) is 0 Å². The summed E-state index contributed by atoms with van der Waals surface area (Å²) in [5.41, 5.74) is 3.49. The summed E-state index contributed by atoms with van der Waals surface area (Å²) < 4.78 is 6.00. The monoisotopic (exact) mass is 298 g/mol. The van der Waals surface area contributed by atoms with Crippen LogP contribution < -0.4 is 4.74 Å². The highest BCUT2D eigenvalue weighted by Crippen LogP contribution is 2.30. The Morgan fingerprint density at radius 2 is 1.68 bits per heavy atom. The lowest BCUT2D eigenvalue weighted by Crippen LogP contribution is -2.11. The zero-order valence-corrected chi connectivity index (χ0v) is 14.7. The molecule has 0 unspecified atom stereocenters. The minimum atomic E-state index is 0.138. The van der Waals surface area contributed by atoms with Gasteiger partial charge in [-0.05, 0) is 36.5 Å². The van der Waals surface area contributed by atoms with E-state index in [9.17, 15) is 0 Å². The molecule has 0 aliphatic carbocycles. The maximum atomic E-state index is 6.00. The highest BCUT2D eigenvalue weighted by Gasteiger charge is 2.15. The summed E-state index contributed by atoms with van der Waals surface area (Å²) in [6.45, 7) is 14.9. The van der Waals surface area contributed by atoms with Crippen molar-refractivity contribution in [2.24, 2.45) is 0 Å². The number of benzene rings is 1. The number of hydrogen-bond acceptors (Lipinski definition) is 3. The zero-order chi connectivity index (χ0) is 16.5. The molecular weight excluding hydrogens is 272 g/mol. The van der Waals surface area contributed by atoms with Crippen molar-refractivity contribution in [1.29, 1.82) is 0 Å². The first-order valence-electron chi connectivity index (χ1n) is 7.81. The third kappa shape index (κ3) is 3.85. The molecule has 0 aliphatic heterocycles. The van der Waals surface area contributed by atoms with Crippen LogP contribution in [0.4, 0.5) is 0 Å². The molecule has 3 nitrogen and oxygen atoms in total. The molecule has 3 heteroatoms. The van der Waals surface area contributed by atoms with Crippen molar-refractivity contribution in [2.75, 3.05) is 0 Å². The van der Waals surface area contributed by atoms with Crippen molar-refractivity contribution in [3.63, 3.8) is 0 Å². The molecule has 0 N–H and O–H groups in total. The van der Waals surface area contributed by atoms with Gasteiger partial charge in [0.2, 0.25) is 5.88 Å². The Bertz CT molecular complexity index is 670. The van der Waals surface area contributed by atoms with Gasteiger partial charge in [-0.15, -0.1) is 0 Å². The number of aryl methyl sites for hydroxylation is 2. The van der Waals surface area contributed by atoms with Crippen LogP contribution in [-0.4, -0.2) is 9.97 Å². The molecule has 0 aliphatic rings. The smallest absolute Gasteiger partial charge is 0.222 e. The molecule has 0 saturated heterocycles. The summed E-state index contributed by atoms with van der Waals surface area (Å²) in [6, 6.07) is 8.22. The standard InChI is InChI=1S/C19H26N2O/c1-12(2)18-20-14(4)11-17(21-18)22-16-9-8-15(10-13(16)3)19(5,6)7/h8-12H,1-7H3. The summed E-state index contributed by atoms with van der Waals surface area (Å²) in [4.78, 5) is 8.96. The fourth-order valence-electron chi connectivity index (χ4n) is 2.22. The fraction of sp³-hybridized carbons (Fsp3) is 0.474. The molecule has 0 radical (unpaired) electrons. The van der Waals surface area contributed by atoms with Crippen molar-refractivity contribution >= 4 is 0 Å². The first kappa shape index (κ1) is 16.5. The van der Waals surface area contributed by atoms with Crippen molar-refractivity contribution in [2.45, 2.75) is 59.8 Å². The molecule has 0 atom stereocenters. The lowest BCUT2D eigenvalue weighted by molar-refractivity contribution is 0.451. The normalized spacial score (nSPS) is 11.8. The van der Waals surface area contributed by atoms with Gasteiger partial charge in [-0.3, -0.25) is 0 Å². The second kappa shape index (κ2) is 6.07. The van der Waals surface area contributed by atoms with E-state index in [2.05, 4.69) is 63.6 Å². The van der Waals surface area contributed by atoms with E-state index in [1.165, 1.54) is 5.56 Å². The van der Waals surface area contributed by atoms with Crippen molar-refractivity contribution in [1.82, 2.24) is 9.97 Å². The molecule has 2 aromatic rings. The highest BCUT2D eigenvalue weighted by molar-refractivity contribution is 5.40. The third-order valence-corrected chi connectivity index (χ3v) is 3.62. The average Bonchev–Trinajstić information content (AvgIpc) is 2.39. The molecular formula is C19H26N2O. The van der Waals surface area contributed by atoms with E-state index in [0.29, 0.717) is 5.88 Å². The van der Waals surface area contributed by atoms with Gasteiger partial charge in [0.1, 0.15) is 11.6 Å². The number of ether oxygens (including phenoxy) is 1. The minimum absolute atomic E-state index is 0.138. The SMILES string of the molecule is Cc1cc(Oc2ccc(C(C)(C)C)cc2C)nc(C(C)C)n1. The van der Waals surface area contributed by atoms with Gasteiger partial charge in [0.05, 0.1) is 0 Å². The largest absolute Gasteiger partial charge is 0.439 e. The summed E-state index contributed by atoms with van der Waals surface area (Å²) in [7, 11) is 0. The van der Waals surface area contributed by atoms with E-state index < -0.39 is 0 Å². The van der Waals surface area contributed by atoms with Gasteiger partial charge in [-0.25, -0.2) is 4.98 Å². The van der Waals surface area contributed by atoms with Crippen LogP contribution in [0.15, 0.2) is 24.3 Å². The fourth-order valence-corrected chi connectivity index (χ4v) is 2.22. The number of hydrogen-bond donors (Lipinski definition) is 0. The molecule has 0 amide bonds. The third-order valence-electron chi connectivity index (χ3n) is 3.62. The Morgan fingerprint density at radius 1 is 1.00 bits per heavy atom. The van der Waals surface area contributed by atoms with Crippen LogP contribution >= 0.6 is 0 Å². The molecule has 0 fully saturated rings. The summed E-state index contributed by atoms with van der Waals surface area (Å²) in [5.74, 6) is 2.56. The quantitative estimate of drug-likeness (QED) is 0.770. The molecule has 0 bridgehead atoms. The van der Waals surface area contributed by atoms with Crippen LogP contribution in [0.25, 0.3) is 0 Å². The topological polar surface area (TPSA) is 35.0 Å². The Kier molecular flexibility index (Phi) is 4.55. The lowest BCUT2D eigenvalue weighted by atomic mass is 9.86. The van der Waals surface area contributed by atoms with E-state index in [0.717, 1.165) is 22.8 Å². The summed E-state index contributed by atoms with van der Waals surface area (Å²) in [5, 5.41) is 0. The van der Waals surface area contributed by atoms with Crippen LogP contribution in [0.1, 0.15) is 63.2 Å².